The number of thioether (sulfide) groups is 8. The summed E-state index contributed by atoms with van der Waals surface area (Å²) in [5, 5.41) is 2.20. The second-order valence-electron chi connectivity index (χ2n) is 7.20. The van der Waals surface area contributed by atoms with Crippen molar-refractivity contribution in [3.63, 3.8) is 0 Å². The van der Waals surface area contributed by atoms with E-state index in [0.29, 0.717) is 30.2 Å². The monoisotopic (exact) mass is 586 g/mol. The predicted octanol–water partition coefficient (Wildman–Crippen LogP) is 7.25. The van der Waals surface area contributed by atoms with E-state index in [4.69, 9.17) is 0 Å². The van der Waals surface area contributed by atoms with Crippen molar-refractivity contribution in [3.05, 3.63) is 25.3 Å². The Bertz CT molecular complexity index is 565. The van der Waals surface area contributed by atoms with Crippen LogP contribution in [0.1, 0.15) is 26.7 Å². The second-order valence-corrected chi connectivity index (χ2v) is 17.9. The molecule has 32 heavy (non-hydrogen) atoms. The van der Waals surface area contributed by atoms with Gasteiger partial charge in [-0.1, -0.05) is 50.5 Å². The zero-order valence-corrected chi connectivity index (χ0v) is 25.3. The Kier molecular flexibility index (Phi) is 16.0. The van der Waals surface area contributed by atoms with Gasteiger partial charge in [-0.2, -0.15) is 23.5 Å². The summed E-state index contributed by atoms with van der Waals surface area (Å²) in [6, 6.07) is 0. The molecule has 0 aromatic carbocycles. The van der Waals surface area contributed by atoms with Crippen molar-refractivity contribution >= 4 is 104 Å². The third-order valence-electron chi connectivity index (χ3n) is 4.93. The fraction of sp³-hybridized carbons (Fsp3) is 0.727. The molecule has 2 heterocycles. The Morgan fingerprint density at radius 2 is 1.25 bits per heavy atom. The van der Waals surface area contributed by atoms with Crippen LogP contribution >= 0.6 is 94.1 Å². The maximum Gasteiger partial charge on any atom is 0.211 e. The van der Waals surface area contributed by atoms with E-state index in [1.807, 2.05) is 0 Å². The zero-order chi connectivity index (χ0) is 23.3. The molecule has 2 aliphatic rings. The van der Waals surface area contributed by atoms with Crippen molar-refractivity contribution in [2.24, 2.45) is 0 Å². The lowest BCUT2D eigenvalue weighted by Crippen LogP contribution is -2.20. The highest BCUT2D eigenvalue weighted by molar-refractivity contribution is 8.23. The minimum atomic E-state index is 0.108. The molecule has 10 heteroatoms. The quantitative estimate of drug-likeness (QED) is 0.145. The molecule has 0 N–H and O–H groups in total. The normalized spacial score (nSPS) is 27.2. The van der Waals surface area contributed by atoms with Crippen molar-refractivity contribution in [2.75, 3.05) is 34.5 Å². The molecular formula is C22H34O2S8. The lowest BCUT2D eigenvalue weighted by Gasteiger charge is -2.19. The Morgan fingerprint density at radius 1 is 0.844 bits per heavy atom. The average Bonchev–Trinajstić information content (AvgIpc) is 3.47. The van der Waals surface area contributed by atoms with Crippen molar-refractivity contribution < 1.29 is 9.59 Å². The van der Waals surface area contributed by atoms with Crippen LogP contribution in [0.2, 0.25) is 0 Å². The van der Waals surface area contributed by atoms with E-state index < -0.39 is 0 Å². The minimum absolute atomic E-state index is 0.108. The standard InChI is InChI=1S/C22H34O2S8/c1-5-15(29-19(23)7-3)17-11-27-21(31-17)13-25-9-10-26-14-22-28-12-18(32-22)16(6-2)30-20(24)8-4/h7-8,15-18,21-22H,3-6,9-14H2,1-2H3. The maximum absolute atomic E-state index is 11.7. The number of rotatable bonds is 15. The van der Waals surface area contributed by atoms with Gasteiger partial charge in [0.25, 0.3) is 0 Å². The van der Waals surface area contributed by atoms with Gasteiger partial charge in [0.1, 0.15) is 0 Å². The zero-order valence-electron chi connectivity index (χ0n) is 18.8. The molecule has 2 fully saturated rings. The van der Waals surface area contributed by atoms with Crippen molar-refractivity contribution in [1.82, 2.24) is 0 Å². The first kappa shape index (κ1) is 29.8. The molecule has 2 nitrogen and oxygen atoms in total. The predicted molar refractivity (Wildman–Crippen MR) is 164 cm³/mol. The Labute approximate surface area is 228 Å². The topological polar surface area (TPSA) is 34.1 Å². The Hall–Kier alpha value is 1.62. The molecule has 0 saturated carbocycles. The van der Waals surface area contributed by atoms with Gasteiger partial charge in [0, 0.05) is 55.5 Å². The van der Waals surface area contributed by atoms with Gasteiger partial charge < -0.3 is 0 Å². The fourth-order valence-corrected chi connectivity index (χ4v) is 15.9. The van der Waals surface area contributed by atoms with Crippen LogP contribution in [0.4, 0.5) is 0 Å². The number of carbonyl (C=O) groups is 2. The third-order valence-corrected chi connectivity index (χ3v) is 17.9. The van der Waals surface area contributed by atoms with Crippen LogP contribution in [0.5, 0.6) is 0 Å². The van der Waals surface area contributed by atoms with Gasteiger partial charge >= 0.3 is 0 Å². The van der Waals surface area contributed by atoms with Gasteiger partial charge in [-0.3, -0.25) is 9.59 Å². The van der Waals surface area contributed by atoms with Gasteiger partial charge in [-0.25, -0.2) is 0 Å². The summed E-state index contributed by atoms with van der Waals surface area (Å²) in [5.41, 5.74) is 0. The second kappa shape index (κ2) is 17.1. The van der Waals surface area contributed by atoms with Crippen LogP contribution in [0, 0.1) is 0 Å². The van der Waals surface area contributed by atoms with Crippen LogP contribution in [-0.4, -0.2) is 74.9 Å². The third kappa shape index (κ3) is 10.7. The summed E-state index contributed by atoms with van der Waals surface area (Å²) in [5.74, 6) is 7.14. The first-order chi connectivity index (χ1) is 15.5. The van der Waals surface area contributed by atoms with Crippen molar-refractivity contribution in [2.45, 2.75) is 56.9 Å². The summed E-state index contributed by atoms with van der Waals surface area (Å²) in [4.78, 5) is 23.4. The molecule has 6 unspecified atom stereocenters. The van der Waals surface area contributed by atoms with E-state index in [1.165, 1.54) is 58.7 Å². The van der Waals surface area contributed by atoms with Gasteiger partial charge in [-0.05, 0) is 25.0 Å². The lowest BCUT2D eigenvalue weighted by atomic mass is 10.2. The SMILES string of the molecule is C=CC(=O)SC(CC)C1CSC(CSCCSCC2SCC(C(CC)SC(=O)C=C)S2)S1. The molecule has 0 radical (unpaired) electrons. The molecule has 6 atom stereocenters. The number of hydrogen-bond donors (Lipinski definition) is 0. The fourth-order valence-electron chi connectivity index (χ4n) is 3.23. The molecular weight excluding hydrogens is 553 g/mol. The molecule has 0 aromatic heterocycles. The maximum atomic E-state index is 11.7. The van der Waals surface area contributed by atoms with Crippen molar-refractivity contribution in [1.29, 1.82) is 0 Å². The number of carbonyl (C=O) groups excluding carboxylic acids is 2. The van der Waals surface area contributed by atoms with Crippen LogP contribution in [0.3, 0.4) is 0 Å². The van der Waals surface area contributed by atoms with Gasteiger partial charge in [0.05, 0.1) is 9.16 Å². The summed E-state index contributed by atoms with van der Waals surface area (Å²) in [7, 11) is 0. The highest BCUT2D eigenvalue weighted by Gasteiger charge is 2.33. The number of hydrogen-bond acceptors (Lipinski definition) is 10. The molecule has 0 bridgehead atoms. The summed E-state index contributed by atoms with van der Waals surface area (Å²) >= 11 is 15.4. The van der Waals surface area contributed by atoms with E-state index in [0.717, 1.165) is 24.3 Å². The van der Waals surface area contributed by atoms with Crippen LogP contribution in [-0.2, 0) is 9.59 Å². The molecule has 0 spiro atoms. The average molecular weight is 587 g/mol. The van der Waals surface area contributed by atoms with E-state index >= 15 is 0 Å². The molecule has 0 aliphatic carbocycles. The Morgan fingerprint density at radius 3 is 1.59 bits per heavy atom. The summed E-state index contributed by atoms with van der Waals surface area (Å²) in [6.07, 6.45) is 4.97. The van der Waals surface area contributed by atoms with Gasteiger partial charge in [0.15, 0.2) is 0 Å². The van der Waals surface area contributed by atoms with Gasteiger partial charge in [0.2, 0.25) is 10.2 Å². The van der Waals surface area contributed by atoms with E-state index in [-0.39, 0.29) is 10.2 Å². The van der Waals surface area contributed by atoms with E-state index in [9.17, 15) is 9.59 Å². The highest BCUT2D eigenvalue weighted by atomic mass is 32.2. The lowest BCUT2D eigenvalue weighted by molar-refractivity contribution is -0.107. The van der Waals surface area contributed by atoms with Crippen LogP contribution < -0.4 is 0 Å². The minimum Gasteiger partial charge on any atom is -0.282 e. The van der Waals surface area contributed by atoms with Crippen LogP contribution in [0.15, 0.2) is 25.3 Å². The largest absolute Gasteiger partial charge is 0.282 e. The Balaban J connectivity index is 1.55. The summed E-state index contributed by atoms with van der Waals surface area (Å²) in [6.45, 7) is 11.6. The first-order valence-electron chi connectivity index (χ1n) is 10.9. The first-order valence-corrected chi connectivity index (χ1v) is 18.9. The summed E-state index contributed by atoms with van der Waals surface area (Å²) < 4.78 is 1.32. The molecule has 2 aliphatic heterocycles. The molecule has 0 aromatic rings. The highest BCUT2D eigenvalue weighted by Crippen LogP contribution is 2.45. The molecule has 182 valence electrons. The molecule has 2 saturated heterocycles. The van der Waals surface area contributed by atoms with E-state index in [2.05, 4.69) is 97.6 Å². The van der Waals surface area contributed by atoms with Crippen molar-refractivity contribution in [3.8, 4) is 0 Å². The van der Waals surface area contributed by atoms with Crippen LogP contribution in [0.25, 0.3) is 0 Å². The molecule has 2 rings (SSSR count). The molecule has 0 amide bonds. The smallest absolute Gasteiger partial charge is 0.211 e. The van der Waals surface area contributed by atoms with E-state index in [1.54, 1.807) is 0 Å². The van der Waals surface area contributed by atoms with Gasteiger partial charge in [-0.15, -0.1) is 47.0 Å².